The molecule has 21 heavy (non-hydrogen) atoms. The van der Waals surface area contributed by atoms with Crippen molar-refractivity contribution in [2.45, 2.75) is 12.8 Å². The van der Waals surface area contributed by atoms with Crippen LogP contribution in [0.25, 0.3) is 10.1 Å². The Balaban J connectivity index is 1.57. The molecule has 2 aliphatic heterocycles. The number of nitrogens with zero attached hydrogens (tertiary/aromatic N) is 1. The zero-order chi connectivity index (χ0) is 14.2. The molecule has 3 heterocycles. The van der Waals surface area contributed by atoms with E-state index in [1.807, 2.05) is 17.5 Å². The van der Waals surface area contributed by atoms with Crippen LogP contribution in [-0.2, 0) is 0 Å². The van der Waals surface area contributed by atoms with Gasteiger partial charge in [0, 0.05) is 28.6 Å². The van der Waals surface area contributed by atoms with Crippen molar-refractivity contribution < 1.29 is 4.79 Å². The Morgan fingerprint density at radius 2 is 1.86 bits per heavy atom. The lowest BCUT2D eigenvalue weighted by molar-refractivity contribution is 0.0761. The number of likely N-dealkylation sites (tertiary alicyclic amines) is 1. The second-order valence-electron chi connectivity index (χ2n) is 6.19. The van der Waals surface area contributed by atoms with Gasteiger partial charge in [-0.1, -0.05) is 18.2 Å². The molecule has 1 amide bonds. The Bertz CT molecular complexity index is 652. The highest BCUT2D eigenvalue weighted by atomic mass is 32.1. The Labute approximate surface area is 128 Å². The highest BCUT2D eigenvalue weighted by molar-refractivity contribution is 7.17. The van der Waals surface area contributed by atoms with E-state index in [0.717, 1.165) is 61.8 Å². The fourth-order valence-electron chi connectivity index (χ4n) is 3.73. The van der Waals surface area contributed by atoms with E-state index in [0.29, 0.717) is 0 Å². The van der Waals surface area contributed by atoms with E-state index >= 15 is 0 Å². The molecule has 1 N–H and O–H groups in total. The van der Waals surface area contributed by atoms with E-state index < -0.39 is 0 Å². The van der Waals surface area contributed by atoms with Crippen LogP contribution in [0.2, 0.25) is 0 Å². The fraction of sp³-hybridized carbons (Fsp3) is 0.471. The minimum Gasteiger partial charge on any atom is -0.339 e. The van der Waals surface area contributed by atoms with Crippen LogP contribution in [0.1, 0.15) is 23.2 Å². The van der Waals surface area contributed by atoms with Crippen LogP contribution in [0.4, 0.5) is 0 Å². The summed E-state index contributed by atoms with van der Waals surface area (Å²) in [6.45, 7) is 4.08. The van der Waals surface area contributed by atoms with Gasteiger partial charge < -0.3 is 10.2 Å². The van der Waals surface area contributed by atoms with Gasteiger partial charge in [-0.3, -0.25) is 4.79 Å². The average Bonchev–Trinajstić information content (AvgIpc) is 3.09. The van der Waals surface area contributed by atoms with Crippen LogP contribution in [0.5, 0.6) is 0 Å². The number of amides is 1. The van der Waals surface area contributed by atoms with E-state index in [4.69, 9.17) is 0 Å². The highest BCUT2D eigenvalue weighted by Gasteiger charge is 2.32. The van der Waals surface area contributed by atoms with Gasteiger partial charge in [-0.05, 0) is 43.8 Å². The van der Waals surface area contributed by atoms with Crippen molar-refractivity contribution in [1.82, 2.24) is 10.2 Å². The van der Waals surface area contributed by atoms with Gasteiger partial charge in [0.25, 0.3) is 5.91 Å². The third-order valence-corrected chi connectivity index (χ3v) is 5.98. The number of rotatable bonds is 1. The molecule has 1 aromatic carbocycles. The van der Waals surface area contributed by atoms with E-state index in [1.165, 1.54) is 4.70 Å². The molecule has 4 heteroatoms. The van der Waals surface area contributed by atoms with Crippen molar-refractivity contribution in [1.29, 1.82) is 0 Å². The van der Waals surface area contributed by atoms with Crippen LogP contribution in [0.3, 0.4) is 0 Å². The first-order chi connectivity index (χ1) is 10.3. The molecule has 110 valence electrons. The summed E-state index contributed by atoms with van der Waals surface area (Å²) < 4.78 is 1.21. The van der Waals surface area contributed by atoms with Crippen molar-refractivity contribution in [2.75, 3.05) is 26.2 Å². The summed E-state index contributed by atoms with van der Waals surface area (Å²) in [7, 11) is 0. The third-order valence-electron chi connectivity index (χ3n) is 5.02. The summed E-state index contributed by atoms with van der Waals surface area (Å²) in [6, 6.07) is 8.21. The maximum absolute atomic E-state index is 12.9. The van der Waals surface area contributed by atoms with Gasteiger partial charge in [-0.25, -0.2) is 0 Å². The zero-order valence-electron chi connectivity index (χ0n) is 12.0. The number of nitrogens with one attached hydrogen (secondary N) is 1. The number of hydrogen-bond acceptors (Lipinski definition) is 3. The molecule has 2 fully saturated rings. The molecule has 2 aliphatic rings. The Kier molecular flexibility index (Phi) is 3.43. The second kappa shape index (κ2) is 5.43. The number of benzene rings is 1. The summed E-state index contributed by atoms with van der Waals surface area (Å²) in [5.41, 5.74) is 0.890. The SMILES string of the molecule is O=C(c1csc2ccccc12)N1CC[C@@H]2CNC[C@@H]2CC1. The molecule has 2 atom stereocenters. The molecule has 0 radical (unpaired) electrons. The lowest BCUT2D eigenvalue weighted by Crippen LogP contribution is -2.32. The van der Waals surface area contributed by atoms with Crippen molar-refractivity contribution >= 4 is 27.3 Å². The summed E-state index contributed by atoms with van der Waals surface area (Å²) in [6.07, 6.45) is 2.29. The first kappa shape index (κ1) is 13.3. The molecule has 0 unspecified atom stereocenters. The Morgan fingerprint density at radius 3 is 2.62 bits per heavy atom. The maximum Gasteiger partial charge on any atom is 0.255 e. The van der Waals surface area contributed by atoms with Gasteiger partial charge in [0.15, 0.2) is 0 Å². The quantitative estimate of drug-likeness (QED) is 0.878. The van der Waals surface area contributed by atoms with Gasteiger partial charge in [-0.2, -0.15) is 0 Å². The smallest absolute Gasteiger partial charge is 0.255 e. The average molecular weight is 300 g/mol. The predicted molar refractivity (Wildman–Crippen MR) is 86.8 cm³/mol. The van der Waals surface area contributed by atoms with Crippen molar-refractivity contribution in [2.24, 2.45) is 11.8 Å². The molecule has 2 aromatic rings. The van der Waals surface area contributed by atoms with Gasteiger partial charge in [-0.15, -0.1) is 11.3 Å². The van der Waals surface area contributed by atoms with Gasteiger partial charge in [0.2, 0.25) is 0 Å². The minimum absolute atomic E-state index is 0.223. The lowest BCUT2D eigenvalue weighted by Gasteiger charge is -2.20. The van der Waals surface area contributed by atoms with Gasteiger partial charge >= 0.3 is 0 Å². The Hall–Kier alpha value is -1.39. The zero-order valence-corrected chi connectivity index (χ0v) is 12.9. The van der Waals surface area contributed by atoms with Crippen LogP contribution in [0.15, 0.2) is 29.6 Å². The second-order valence-corrected chi connectivity index (χ2v) is 7.10. The number of thiophene rings is 1. The molecular formula is C17H20N2OS. The summed E-state index contributed by atoms with van der Waals surface area (Å²) >= 11 is 1.67. The number of carbonyl (C=O) groups is 1. The first-order valence-electron chi connectivity index (χ1n) is 7.79. The Morgan fingerprint density at radius 1 is 1.14 bits per heavy atom. The summed E-state index contributed by atoms with van der Waals surface area (Å²) in [5.74, 6) is 1.75. The van der Waals surface area contributed by atoms with E-state index in [-0.39, 0.29) is 5.91 Å². The normalized spacial score (nSPS) is 25.8. The van der Waals surface area contributed by atoms with Crippen molar-refractivity contribution in [3.05, 3.63) is 35.2 Å². The molecule has 0 bridgehead atoms. The fourth-order valence-corrected chi connectivity index (χ4v) is 4.67. The molecular weight excluding hydrogens is 280 g/mol. The molecule has 3 nitrogen and oxygen atoms in total. The number of hydrogen-bond donors (Lipinski definition) is 1. The molecule has 0 aliphatic carbocycles. The lowest BCUT2D eigenvalue weighted by atomic mass is 9.92. The summed E-state index contributed by atoms with van der Waals surface area (Å²) in [5, 5.41) is 6.62. The molecule has 1 aromatic heterocycles. The number of fused-ring (bicyclic) bond motifs is 2. The summed E-state index contributed by atoms with van der Waals surface area (Å²) in [4.78, 5) is 14.9. The molecule has 0 saturated carbocycles. The van der Waals surface area contributed by atoms with E-state index in [9.17, 15) is 4.79 Å². The van der Waals surface area contributed by atoms with Crippen LogP contribution >= 0.6 is 11.3 Å². The van der Waals surface area contributed by atoms with Crippen LogP contribution in [0, 0.1) is 11.8 Å². The monoisotopic (exact) mass is 300 g/mol. The third kappa shape index (κ3) is 2.36. The number of carbonyl (C=O) groups excluding carboxylic acids is 1. The van der Waals surface area contributed by atoms with Gasteiger partial charge in [0.05, 0.1) is 5.56 Å². The van der Waals surface area contributed by atoms with E-state index in [2.05, 4.69) is 22.3 Å². The minimum atomic E-state index is 0.223. The largest absolute Gasteiger partial charge is 0.339 e. The van der Waals surface area contributed by atoms with Crippen LogP contribution < -0.4 is 5.32 Å². The molecule has 0 spiro atoms. The highest BCUT2D eigenvalue weighted by Crippen LogP contribution is 2.30. The van der Waals surface area contributed by atoms with Gasteiger partial charge in [0.1, 0.15) is 0 Å². The van der Waals surface area contributed by atoms with E-state index in [1.54, 1.807) is 11.3 Å². The van der Waals surface area contributed by atoms with Crippen molar-refractivity contribution in [3.63, 3.8) is 0 Å². The van der Waals surface area contributed by atoms with Crippen LogP contribution in [-0.4, -0.2) is 37.0 Å². The molecule has 2 saturated heterocycles. The predicted octanol–water partition coefficient (Wildman–Crippen LogP) is 2.97. The molecule has 4 rings (SSSR count). The first-order valence-corrected chi connectivity index (χ1v) is 8.67. The standard InChI is InChI=1S/C17H20N2OS/c20-17(15-11-21-16-4-2-1-3-14(15)16)19-7-5-12-9-18-10-13(12)6-8-19/h1-4,11-13,18H,5-10H2/t12-,13+. The topological polar surface area (TPSA) is 32.3 Å². The van der Waals surface area contributed by atoms with Crippen molar-refractivity contribution in [3.8, 4) is 0 Å². The maximum atomic E-state index is 12.9.